The number of hydrogen-bond acceptors (Lipinski definition) is 4. The van der Waals surface area contributed by atoms with E-state index < -0.39 is 0 Å². The number of ether oxygens (including phenoxy) is 2. The summed E-state index contributed by atoms with van der Waals surface area (Å²) in [6.45, 7) is 7.22. The molecule has 1 aromatic carbocycles. The van der Waals surface area contributed by atoms with Crippen LogP contribution >= 0.6 is 0 Å². The lowest BCUT2D eigenvalue weighted by molar-refractivity contribution is -0.136. The molecule has 2 N–H and O–H groups in total. The SMILES string of the molecule is CCC(CC)C(=O)N1CCC(NC(=NC)NCCCOc2cccc(OC)c2)CC1. The van der Waals surface area contributed by atoms with E-state index in [1.165, 1.54) is 0 Å². The molecule has 1 amide bonds. The van der Waals surface area contributed by atoms with Gasteiger partial charge in [-0.2, -0.15) is 0 Å². The Bertz CT molecular complexity index is 668. The van der Waals surface area contributed by atoms with E-state index in [0.717, 1.165) is 69.2 Å². The van der Waals surface area contributed by atoms with E-state index >= 15 is 0 Å². The first-order valence-corrected chi connectivity index (χ1v) is 11.1. The Hall–Kier alpha value is -2.44. The van der Waals surface area contributed by atoms with E-state index in [9.17, 15) is 4.79 Å². The van der Waals surface area contributed by atoms with Gasteiger partial charge in [0.05, 0.1) is 13.7 Å². The number of amides is 1. The van der Waals surface area contributed by atoms with Crippen molar-refractivity contribution in [2.75, 3.05) is 40.4 Å². The first-order valence-electron chi connectivity index (χ1n) is 11.1. The predicted octanol–water partition coefficient (Wildman–Crippen LogP) is 3.06. The van der Waals surface area contributed by atoms with Gasteiger partial charge in [0.2, 0.25) is 5.91 Å². The van der Waals surface area contributed by atoms with Crippen molar-refractivity contribution >= 4 is 11.9 Å². The van der Waals surface area contributed by atoms with Crippen molar-refractivity contribution < 1.29 is 14.3 Å². The average Bonchev–Trinajstić information content (AvgIpc) is 2.79. The highest BCUT2D eigenvalue weighted by Crippen LogP contribution is 2.19. The number of carbonyl (C=O) groups is 1. The molecule has 1 heterocycles. The van der Waals surface area contributed by atoms with E-state index in [1.807, 2.05) is 29.2 Å². The van der Waals surface area contributed by atoms with Gasteiger partial charge < -0.3 is 25.0 Å². The Labute approximate surface area is 181 Å². The van der Waals surface area contributed by atoms with Crippen LogP contribution in [-0.4, -0.2) is 63.2 Å². The first-order chi connectivity index (χ1) is 14.6. The quantitative estimate of drug-likeness (QED) is 0.347. The number of hydrogen-bond donors (Lipinski definition) is 2. The molecule has 0 saturated carbocycles. The molecule has 1 aliphatic rings. The van der Waals surface area contributed by atoms with Crippen molar-refractivity contribution in [3.8, 4) is 11.5 Å². The maximum absolute atomic E-state index is 12.5. The Morgan fingerprint density at radius 2 is 1.93 bits per heavy atom. The molecular formula is C23H38N4O3. The van der Waals surface area contributed by atoms with Gasteiger partial charge in [-0.3, -0.25) is 9.79 Å². The van der Waals surface area contributed by atoms with Gasteiger partial charge in [0.15, 0.2) is 5.96 Å². The summed E-state index contributed by atoms with van der Waals surface area (Å²) >= 11 is 0. The smallest absolute Gasteiger partial charge is 0.225 e. The lowest BCUT2D eigenvalue weighted by atomic mass is 9.98. The van der Waals surface area contributed by atoms with Crippen LogP contribution in [0.5, 0.6) is 11.5 Å². The number of piperidine rings is 1. The highest BCUT2D eigenvalue weighted by atomic mass is 16.5. The Morgan fingerprint density at radius 3 is 2.57 bits per heavy atom. The summed E-state index contributed by atoms with van der Waals surface area (Å²) in [7, 11) is 3.43. The maximum Gasteiger partial charge on any atom is 0.225 e. The summed E-state index contributed by atoms with van der Waals surface area (Å²) in [5, 5.41) is 6.84. The number of nitrogens with one attached hydrogen (secondary N) is 2. The van der Waals surface area contributed by atoms with Gasteiger partial charge in [0, 0.05) is 44.7 Å². The van der Waals surface area contributed by atoms with Crippen LogP contribution in [0.1, 0.15) is 46.0 Å². The van der Waals surface area contributed by atoms with Gasteiger partial charge in [0.25, 0.3) is 0 Å². The van der Waals surface area contributed by atoms with Gasteiger partial charge in [-0.05, 0) is 44.2 Å². The molecule has 2 rings (SSSR count). The van der Waals surface area contributed by atoms with Crippen LogP contribution in [0.15, 0.2) is 29.3 Å². The number of guanidine groups is 1. The van der Waals surface area contributed by atoms with Crippen LogP contribution in [0, 0.1) is 5.92 Å². The molecular weight excluding hydrogens is 380 g/mol. The van der Waals surface area contributed by atoms with E-state index in [0.29, 0.717) is 18.6 Å². The van der Waals surface area contributed by atoms with Crippen molar-refractivity contribution in [3.05, 3.63) is 24.3 Å². The van der Waals surface area contributed by atoms with E-state index in [1.54, 1.807) is 14.2 Å². The van der Waals surface area contributed by atoms with E-state index in [4.69, 9.17) is 9.47 Å². The van der Waals surface area contributed by atoms with Gasteiger partial charge in [-0.1, -0.05) is 19.9 Å². The summed E-state index contributed by atoms with van der Waals surface area (Å²) in [6, 6.07) is 7.97. The number of methoxy groups -OCH3 is 1. The highest BCUT2D eigenvalue weighted by Gasteiger charge is 2.26. The van der Waals surface area contributed by atoms with Gasteiger partial charge in [0.1, 0.15) is 11.5 Å². The Kier molecular flexibility index (Phi) is 10.3. The van der Waals surface area contributed by atoms with Crippen LogP contribution in [-0.2, 0) is 4.79 Å². The Morgan fingerprint density at radius 1 is 1.23 bits per heavy atom. The number of nitrogens with zero attached hydrogens (tertiary/aromatic N) is 2. The number of aliphatic imine (C=N–C) groups is 1. The second kappa shape index (κ2) is 13.0. The largest absolute Gasteiger partial charge is 0.497 e. The zero-order valence-electron chi connectivity index (χ0n) is 18.9. The molecule has 30 heavy (non-hydrogen) atoms. The molecule has 0 spiro atoms. The summed E-state index contributed by atoms with van der Waals surface area (Å²) < 4.78 is 11.0. The van der Waals surface area contributed by atoms with Crippen LogP contribution < -0.4 is 20.1 Å². The van der Waals surface area contributed by atoms with Crippen molar-refractivity contribution in [3.63, 3.8) is 0 Å². The maximum atomic E-state index is 12.5. The van der Waals surface area contributed by atoms with Crippen LogP contribution in [0.2, 0.25) is 0 Å². The molecule has 0 aliphatic carbocycles. The van der Waals surface area contributed by atoms with Gasteiger partial charge >= 0.3 is 0 Å². The molecule has 7 heteroatoms. The summed E-state index contributed by atoms with van der Waals surface area (Å²) in [4.78, 5) is 18.9. The minimum Gasteiger partial charge on any atom is -0.497 e. The molecule has 1 fully saturated rings. The fourth-order valence-corrected chi connectivity index (χ4v) is 3.69. The van der Waals surface area contributed by atoms with Crippen LogP contribution in [0.4, 0.5) is 0 Å². The summed E-state index contributed by atoms with van der Waals surface area (Å²) in [5.74, 6) is 2.90. The number of benzene rings is 1. The minimum absolute atomic E-state index is 0.170. The lowest BCUT2D eigenvalue weighted by Crippen LogP contribution is -2.50. The average molecular weight is 419 g/mol. The zero-order valence-corrected chi connectivity index (χ0v) is 18.9. The standard InChI is InChI=1S/C23H38N4O3/c1-5-18(6-2)22(28)27-14-11-19(12-15-27)26-23(24-3)25-13-8-16-30-21-10-7-9-20(17-21)29-4/h7,9-10,17-19H,5-6,8,11-16H2,1-4H3,(H2,24,25,26). The minimum atomic E-state index is 0.170. The molecule has 0 atom stereocenters. The van der Waals surface area contributed by atoms with E-state index in [-0.39, 0.29) is 5.92 Å². The fraction of sp³-hybridized carbons (Fsp3) is 0.652. The monoisotopic (exact) mass is 418 g/mol. The molecule has 0 unspecified atom stereocenters. The third-order valence-electron chi connectivity index (χ3n) is 5.63. The molecule has 168 valence electrons. The predicted molar refractivity (Wildman–Crippen MR) is 121 cm³/mol. The van der Waals surface area contributed by atoms with Crippen molar-refractivity contribution in [1.29, 1.82) is 0 Å². The molecule has 1 aliphatic heterocycles. The van der Waals surface area contributed by atoms with Crippen molar-refractivity contribution in [1.82, 2.24) is 15.5 Å². The first kappa shape index (κ1) is 23.8. The zero-order chi connectivity index (χ0) is 21.8. The summed E-state index contributed by atoms with van der Waals surface area (Å²) in [5.41, 5.74) is 0. The topological polar surface area (TPSA) is 75.2 Å². The lowest BCUT2D eigenvalue weighted by Gasteiger charge is -2.34. The highest BCUT2D eigenvalue weighted by molar-refractivity contribution is 5.80. The van der Waals surface area contributed by atoms with Gasteiger partial charge in [-0.15, -0.1) is 0 Å². The molecule has 0 radical (unpaired) electrons. The second-order valence-corrected chi connectivity index (χ2v) is 7.64. The second-order valence-electron chi connectivity index (χ2n) is 7.64. The molecule has 1 saturated heterocycles. The van der Waals surface area contributed by atoms with Crippen molar-refractivity contribution in [2.24, 2.45) is 10.9 Å². The normalized spacial score (nSPS) is 15.2. The number of rotatable bonds is 10. The number of likely N-dealkylation sites (tertiary alicyclic amines) is 1. The van der Waals surface area contributed by atoms with E-state index in [2.05, 4.69) is 29.5 Å². The van der Waals surface area contributed by atoms with Crippen LogP contribution in [0.25, 0.3) is 0 Å². The van der Waals surface area contributed by atoms with Crippen LogP contribution in [0.3, 0.4) is 0 Å². The summed E-state index contributed by atoms with van der Waals surface area (Å²) in [6.07, 6.45) is 4.61. The third-order valence-corrected chi connectivity index (χ3v) is 5.63. The molecule has 7 nitrogen and oxygen atoms in total. The van der Waals surface area contributed by atoms with Crippen molar-refractivity contribution in [2.45, 2.75) is 52.0 Å². The third kappa shape index (κ3) is 7.43. The fourth-order valence-electron chi connectivity index (χ4n) is 3.69. The number of carbonyl (C=O) groups excluding carboxylic acids is 1. The molecule has 0 aromatic heterocycles. The van der Waals surface area contributed by atoms with Gasteiger partial charge in [-0.25, -0.2) is 0 Å². The molecule has 0 bridgehead atoms. The molecule has 1 aromatic rings. The Balaban J connectivity index is 1.65.